The van der Waals surface area contributed by atoms with Gasteiger partial charge < -0.3 is 6.92 Å². The summed E-state index contributed by atoms with van der Waals surface area (Å²) in [5.41, 5.74) is 5.75. The third kappa shape index (κ3) is 11.5. The molecule has 1 radical (unpaired) electrons. The molecular formula is C27H28NOPRe. The fourth-order valence-corrected chi connectivity index (χ4v) is 5.21. The minimum Gasteiger partial charge on any atom is -0.214 e. The van der Waals surface area contributed by atoms with Gasteiger partial charge in [0.15, 0.2) is 0 Å². The molecule has 4 aromatic rings. The van der Waals surface area contributed by atoms with Crippen LogP contribution in [0.5, 0.6) is 0 Å². The first-order valence-electron chi connectivity index (χ1n) is 9.65. The summed E-state index contributed by atoms with van der Waals surface area (Å²) in [4.78, 5) is 0. The van der Waals surface area contributed by atoms with E-state index in [2.05, 4.69) is 104 Å². The third-order valence-electron chi connectivity index (χ3n) is 3.95. The average Bonchev–Trinajstić information content (AvgIpc) is 3.43. The number of nitrogens with zero attached hydrogens (tertiary/aromatic N) is 1. The molecule has 0 heterocycles. The van der Waals surface area contributed by atoms with E-state index in [0.717, 1.165) is 6.42 Å². The molecule has 0 spiro atoms. The second kappa shape index (κ2) is 19.5. The van der Waals surface area contributed by atoms with Crippen molar-refractivity contribution in [1.82, 2.24) is 0 Å². The maximum Gasteiger partial charge on any atom is 0.102 e. The molecule has 0 aromatic heterocycles. The molecular weight excluding hydrogens is 571 g/mol. The Kier molecular flexibility index (Phi) is 17.9. The quantitative estimate of drug-likeness (QED) is 0.125. The Balaban J connectivity index is 0.000000626. The van der Waals surface area contributed by atoms with Gasteiger partial charge in [0, 0.05) is 20.4 Å². The van der Waals surface area contributed by atoms with E-state index in [1.807, 2.05) is 30.3 Å². The van der Waals surface area contributed by atoms with E-state index in [0.29, 0.717) is 0 Å². The van der Waals surface area contributed by atoms with Crippen molar-refractivity contribution in [2.45, 2.75) is 6.42 Å². The van der Waals surface area contributed by atoms with Crippen molar-refractivity contribution in [3.05, 3.63) is 141 Å². The first-order chi connectivity index (χ1) is 14.9. The molecule has 4 aromatic carbocycles. The smallest absolute Gasteiger partial charge is 0.102 e. The molecule has 159 valence electrons. The topological polar surface area (TPSA) is 43.7 Å². The monoisotopic (exact) mass is 600 g/mol. The maximum atomic E-state index is 7.25. The van der Waals surface area contributed by atoms with Crippen LogP contribution in [0, 0.1) is 12.4 Å². The normalized spacial score (nSPS) is 8.65. The molecule has 31 heavy (non-hydrogen) atoms. The molecule has 0 aliphatic rings. The van der Waals surface area contributed by atoms with Gasteiger partial charge in [-0.3, -0.25) is 0 Å². The van der Waals surface area contributed by atoms with E-state index in [4.69, 9.17) is 10.2 Å². The number of allylic oxidation sites excluding steroid dienone is 1. The van der Waals surface area contributed by atoms with Crippen LogP contribution in [0.25, 0.3) is 0 Å². The van der Waals surface area contributed by atoms with Crippen LogP contribution in [0.15, 0.2) is 134 Å². The van der Waals surface area contributed by atoms with Gasteiger partial charge in [0.05, 0.1) is 7.92 Å². The van der Waals surface area contributed by atoms with Crippen LogP contribution in [0.1, 0.15) is 6.42 Å². The van der Waals surface area contributed by atoms with Gasteiger partial charge in [-0.25, -0.2) is 12.1 Å². The molecule has 4 rings (SSSR count). The Bertz CT molecular complexity index is 800. The molecule has 0 aliphatic carbocycles. The fraction of sp³-hybridized carbons (Fsp3) is 0.0370. The van der Waals surface area contributed by atoms with E-state index in [9.17, 15) is 0 Å². The molecule has 0 atom stereocenters. The Morgan fingerprint density at radius 3 is 1.19 bits per heavy atom. The van der Waals surface area contributed by atoms with Crippen molar-refractivity contribution in [2.24, 2.45) is 0 Å². The summed E-state index contributed by atoms with van der Waals surface area (Å²) in [5.74, 6) is 0. The average molecular weight is 600 g/mol. The standard InChI is InChI=1S/C18H15P.C5H5.C4H7.NO.Re/c1-4-10-16(11-5-1)19(17-12-6-2-7-13-17)18-14-8-3-9-15-18;1-2-4-5-3-1;1-3-4-2;1-2;/h1-15H;1-5H;3H,1-2,4H2;;/q;2*-1;+1;/p+1. The molecule has 0 N–H and O–H groups in total. The molecule has 0 bridgehead atoms. The van der Waals surface area contributed by atoms with Crippen molar-refractivity contribution >= 4 is 23.8 Å². The molecule has 2 nitrogen and oxygen atoms in total. The number of hydrogen-bond acceptors (Lipinski definition) is 1. The number of rotatable bonds is 4. The Morgan fingerprint density at radius 1 is 0.710 bits per heavy atom. The van der Waals surface area contributed by atoms with Gasteiger partial charge in [0.1, 0.15) is 15.9 Å². The van der Waals surface area contributed by atoms with E-state index in [-0.39, 0.29) is 20.4 Å². The second-order valence-corrected chi connectivity index (χ2v) is 8.49. The van der Waals surface area contributed by atoms with Crippen LogP contribution in [0.4, 0.5) is 0 Å². The molecule has 0 fully saturated rings. The summed E-state index contributed by atoms with van der Waals surface area (Å²) >= 11 is 0. The summed E-state index contributed by atoms with van der Waals surface area (Å²) in [6, 6.07) is 42.5. The summed E-state index contributed by atoms with van der Waals surface area (Å²) in [6.07, 6.45) is 2.60. The van der Waals surface area contributed by atoms with Gasteiger partial charge in [-0.1, -0.05) is 54.6 Å². The SMILES string of the molecule is C=CC[CH2-].N#[O+].[Re].c1cc[cH-]c1.c1ccc([PH+](c2ccccc2)c2ccccc2)cc1. The van der Waals surface area contributed by atoms with Crippen LogP contribution in [-0.4, -0.2) is 0 Å². The zero-order chi connectivity index (χ0) is 21.9. The number of hydrogen-bond donors (Lipinski definition) is 0. The summed E-state index contributed by atoms with van der Waals surface area (Å²) in [6.45, 7) is 6.90. The molecule has 0 aliphatic heterocycles. The summed E-state index contributed by atoms with van der Waals surface area (Å²) < 4.78 is 7.25. The van der Waals surface area contributed by atoms with Crippen LogP contribution in [-0.2, 0) is 25.2 Å². The Morgan fingerprint density at radius 2 is 1.00 bits per heavy atom. The van der Waals surface area contributed by atoms with Gasteiger partial charge in [-0.2, -0.15) is 24.6 Å². The second-order valence-electron chi connectivity index (χ2n) is 6.01. The van der Waals surface area contributed by atoms with E-state index in [1.54, 1.807) is 6.08 Å². The van der Waals surface area contributed by atoms with Crippen LogP contribution >= 0.6 is 7.92 Å². The van der Waals surface area contributed by atoms with Crippen LogP contribution in [0.2, 0.25) is 0 Å². The van der Waals surface area contributed by atoms with E-state index >= 15 is 0 Å². The zero-order valence-electron chi connectivity index (χ0n) is 17.5. The van der Waals surface area contributed by atoms with Gasteiger partial charge >= 0.3 is 10.2 Å². The fourth-order valence-electron chi connectivity index (χ4n) is 2.64. The first kappa shape index (κ1) is 28.5. The van der Waals surface area contributed by atoms with Crippen molar-refractivity contribution in [2.75, 3.05) is 0 Å². The largest absolute Gasteiger partial charge is 0.214 e. The van der Waals surface area contributed by atoms with Crippen molar-refractivity contribution in [1.29, 1.82) is 5.46 Å². The minimum atomic E-state index is -0.877. The molecule has 0 saturated carbocycles. The predicted octanol–water partition coefficient (Wildman–Crippen LogP) is 5.87. The van der Waals surface area contributed by atoms with Gasteiger partial charge in [0.2, 0.25) is 0 Å². The Hall–Kier alpha value is -2.49. The zero-order valence-corrected chi connectivity index (χ0v) is 21.2. The first-order valence-corrected chi connectivity index (χ1v) is 11.1. The van der Waals surface area contributed by atoms with Gasteiger partial charge in [-0.15, -0.1) is 12.7 Å². The molecule has 0 saturated heterocycles. The third-order valence-corrected chi connectivity index (χ3v) is 6.68. The molecule has 4 heteroatoms. The number of benzene rings is 3. The van der Waals surface area contributed by atoms with E-state index in [1.165, 1.54) is 15.9 Å². The van der Waals surface area contributed by atoms with E-state index < -0.39 is 7.92 Å². The van der Waals surface area contributed by atoms with Gasteiger partial charge in [-0.05, 0) is 36.4 Å². The van der Waals surface area contributed by atoms with Gasteiger partial charge in [0.25, 0.3) is 0 Å². The molecule has 0 amide bonds. The van der Waals surface area contributed by atoms with Crippen molar-refractivity contribution < 1.29 is 25.2 Å². The van der Waals surface area contributed by atoms with Crippen LogP contribution in [0.3, 0.4) is 0 Å². The maximum absolute atomic E-state index is 7.25. The summed E-state index contributed by atoms with van der Waals surface area (Å²) in [5, 5.41) is 4.31. The van der Waals surface area contributed by atoms with Crippen molar-refractivity contribution in [3.8, 4) is 0 Å². The van der Waals surface area contributed by atoms with Crippen molar-refractivity contribution in [3.63, 3.8) is 0 Å². The molecule has 0 unspecified atom stereocenters. The Labute approximate surface area is 201 Å². The minimum absolute atomic E-state index is 0. The van der Waals surface area contributed by atoms with Crippen LogP contribution < -0.4 is 15.9 Å². The summed E-state index contributed by atoms with van der Waals surface area (Å²) in [7, 11) is -0.877. The predicted molar refractivity (Wildman–Crippen MR) is 131 cm³/mol.